The number of rotatable bonds is 28. The van der Waals surface area contributed by atoms with Crippen molar-refractivity contribution >= 4 is 34.8 Å². The van der Waals surface area contributed by atoms with Gasteiger partial charge in [0.2, 0.25) is 0 Å². The second-order valence-electron chi connectivity index (χ2n) is 43.7. The van der Waals surface area contributed by atoms with E-state index in [2.05, 4.69) is 629 Å². The van der Waals surface area contributed by atoms with E-state index < -0.39 is 0 Å². The third-order valence-corrected chi connectivity index (χ3v) is 29.4. The number of hydrogen-bond donors (Lipinski definition) is 0. The lowest BCUT2D eigenvalue weighted by atomic mass is 9.75. The molecule has 0 amide bonds. The molecule has 0 aliphatic rings. The smallest absolute Gasteiger partial charge is 0.101 e. The monoisotopic (exact) mass is 1940 g/mol. The summed E-state index contributed by atoms with van der Waals surface area (Å²) in [6.07, 6.45) is 0. The van der Waals surface area contributed by atoms with Crippen molar-refractivity contribution in [2.45, 2.75) is 152 Å². The van der Waals surface area contributed by atoms with Crippen LogP contribution in [0.15, 0.2) is 554 Å². The zero-order valence-corrected chi connectivity index (χ0v) is 88.2. The highest BCUT2D eigenvalue weighted by Gasteiger charge is 2.37. The third kappa shape index (κ3) is 23.6. The number of benzene rings is 20. The van der Waals surface area contributed by atoms with Crippen LogP contribution < -0.4 is 0 Å². The second-order valence-corrected chi connectivity index (χ2v) is 43.7. The summed E-state index contributed by atoms with van der Waals surface area (Å²) in [7, 11) is 0. The fourth-order valence-electron chi connectivity index (χ4n) is 21.7. The van der Waals surface area contributed by atoms with Gasteiger partial charge in [0, 0.05) is 47.3 Å². The first-order valence-electron chi connectivity index (χ1n) is 52.9. The maximum Gasteiger partial charge on any atom is 0.101 e. The van der Waals surface area contributed by atoms with Crippen LogP contribution in [0.3, 0.4) is 0 Å². The molecule has 0 atom stereocenters. The van der Waals surface area contributed by atoms with E-state index >= 15 is 0 Å². The molecule has 0 radical (unpaired) electrons. The Bertz CT molecular complexity index is 6280. The maximum atomic E-state index is 5.71. The van der Waals surface area contributed by atoms with Gasteiger partial charge in [-0.15, -0.1) is 0 Å². The molecule has 0 aromatic heterocycles. The molecule has 0 N–H and O–H groups in total. The van der Waals surface area contributed by atoms with Gasteiger partial charge in [-0.05, 0) is 177 Å². The highest BCUT2D eigenvalue weighted by molar-refractivity contribution is 5.77. The number of nitrogens with zero attached hydrogens (tertiary/aromatic N) is 4. The van der Waals surface area contributed by atoms with Gasteiger partial charge in [0.05, 0.1) is 22.7 Å². The van der Waals surface area contributed by atoms with Crippen LogP contribution in [0.1, 0.15) is 286 Å². The lowest BCUT2D eigenvalue weighted by Crippen LogP contribution is -2.16. The maximum absolute atomic E-state index is 5.71. The minimum absolute atomic E-state index is 0.153. The summed E-state index contributed by atoms with van der Waals surface area (Å²) >= 11 is 0. The SMILES string of the molecule is CC(C)(C)c1cc(C(c2ccccc2)c2ccccc2)c(N=C=Nc2c(C(c3ccccc3)c3ccccc3)cc(C(C)(C)C)cc2C(c2ccccc2)c2ccccc2)c(C(c2ccccc2)c2ccccc2)c1.CC(C)(C)c1cc(C(c2ccccc2)c2ccccc2)c(N=C=Nc2c(C(c3ccccc3)c3ccccc3)cc(C(C)(C)C)cc2C(c2ccccc2)c2ccccc2)c(C(c2ccccc2)c2ccccc2)c1. The van der Waals surface area contributed by atoms with E-state index in [1.807, 2.05) is 0 Å². The summed E-state index contributed by atoms with van der Waals surface area (Å²) in [6.45, 7) is 27.8. The zero-order chi connectivity index (χ0) is 104. The van der Waals surface area contributed by atoms with Crippen molar-refractivity contribution in [2.24, 2.45) is 20.0 Å². The van der Waals surface area contributed by atoms with Gasteiger partial charge >= 0.3 is 0 Å². The van der Waals surface area contributed by atoms with Crippen molar-refractivity contribution in [2.75, 3.05) is 0 Å². The molecule has 736 valence electrons. The Morgan fingerprint density at radius 3 is 0.280 bits per heavy atom. The normalized spacial score (nSPS) is 11.8. The Labute approximate surface area is 890 Å². The van der Waals surface area contributed by atoms with E-state index in [1.54, 1.807) is 0 Å². The second kappa shape index (κ2) is 46.5. The molecule has 0 spiro atoms. The first-order valence-corrected chi connectivity index (χ1v) is 52.9. The van der Waals surface area contributed by atoms with Crippen molar-refractivity contribution in [1.82, 2.24) is 0 Å². The molecule has 0 fully saturated rings. The summed E-state index contributed by atoms with van der Waals surface area (Å²) in [5.74, 6) is -1.23. The van der Waals surface area contributed by atoms with Gasteiger partial charge in [-0.1, -0.05) is 617 Å². The predicted molar refractivity (Wildman–Crippen MR) is 630 cm³/mol. The average molecular weight is 1940 g/mol. The molecule has 150 heavy (non-hydrogen) atoms. The zero-order valence-electron chi connectivity index (χ0n) is 88.2. The van der Waals surface area contributed by atoms with Crippen LogP contribution in [-0.4, -0.2) is 12.0 Å². The summed E-state index contributed by atoms with van der Waals surface area (Å²) in [5.41, 5.74) is 35.5. The summed E-state index contributed by atoms with van der Waals surface area (Å²) in [4.78, 5) is 22.9. The lowest BCUT2D eigenvalue weighted by Gasteiger charge is -2.30. The molecule has 0 bridgehead atoms. The van der Waals surface area contributed by atoms with Crippen LogP contribution >= 0.6 is 0 Å². The van der Waals surface area contributed by atoms with Crippen molar-refractivity contribution in [3.05, 3.63) is 690 Å². The Morgan fingerprint density at radius 1 is 0.127 bits per heavy atom. The molecule has 0 saturated heterocycles. The van der Waals surface area contributed by atoms with Crippen molar-refractivity contribution in [3.8, 4) is 0 Å². The molecule has 0 aliphatic carbocycles. The van der Waals surface area contributed by atoms with Crippen LogP contribution in [0.4, 0.5) is 22.7 Å². The molecule has 20 aromatic rings. The summed E-state index contributed by atoms with van der Waals surface area (Å²) in [5, 5.41) is 0. The standard InChI is InChI=1S/2C73H66N2/c2*1-72(2,3)60-47-62(66(52-31-15-7-16-32-52)53-33-17-8-18-34-53)70(63(48-60)67(54-35-19-9-20-36-54)55-37-21-10-22-38-55)74-51-75-71-64(68(56-39-23-11-24-40-56)57-41-25-12-26-42-57)49-61(73(4,5)6)50-65(71)69(58-43-27-13-28-44-58)59-45-29-14-30-46-59/h2*7-50,66-69H,1-6H3. The molecular weight excluding hydrogens is 1810 g/mol. The van der Waals surface area contributed by atoms with E-state index in [0.29, 0.717) is 0 Å². The van der Waals surface area contributed by atoms with Crippen LogP contribution in [0.2, 0.25) is 0 Å². The fraction of sp³-hybridized carbons (Fsp3) is 0.164. The molecule has 4 heteroatoms. The average Bonchev–Trinajstić information content (AvgIpc) is 0.756. The lowest BCUT2D eigenvalue weighted by molar-refractivity contribution is 0.587. The molecule has 20 rings (SSSR count). The van der Waals surface area contributed by atoms with E-state index in [9.17, 15) is 0 Å². The Morgan fingerprint density at radius 2 is 0.207 bits per heavy atom. The Balaban J connectivity index is 0.000000188. The van der Waals surface area contributed by atoms with E-state index in [4.69, 9.17) is 20.0 Å². The van der Waals surface area contributed by atoms with Crippen molar-refractivity contribution in [1.29, 1.82) is 0 Å². The highest BCUT2D eigenvalue weighted by Crippen LogP contribution is 2.54. The summed E-state index contributed by atoms with van der Waals surface area (Å²) < 4.78 is 0. The first kappa shape index (κ1) is 102. The Hall–Kier alpha value is -16.8. The van der Waals surface area contributed by atoms with Crippen LogP contribution in [0.5, 0.6) is 0 Å². The van der Waals surface area contributed by atoms with Crippen LogP contribution in [-0.2, 0) is 21.7 Å². The molecule has 0 saturated carbocycles. The Kier molecular flexibility index (Phi) is 31.5. The van der Waals surface area contributed by atoms with Gasteiger partial charge in [-0.2, -0.15) is 20.0 Å². The molecule has 4 nitrogen and oxygen atoms in total. The topological polar surface area (TPSA) is 49.4 Å². The molecule has 0 unspecified atom stereocenters. The number of hydrogen-bond acceptors (Lipinski definition) is 4. The van der Waals surface area contributed by atoms with Gasteiger partial charge in [-0.3, -0.25) is 0 Å². The molecule has 0 aliphatic heterocycles. The van der Waals surface area contributed by atoms with Crippen molar-refractivity contribution in [3.63, 3.8) is 0 Å². The molecule has 20 aromatic carbocycles. The fourth-order valence-corrected chi connectivity index (χ4v) is 21.7. The van der Waals surface area contributed by atoms with Gasteiger partial charge in [0.1, 0.15) is 12.0 Å². The minimum atomic E-state index is -0.192. The molecular formula is C146H132N4. The first-order chi connectivity index (χ1) is 73.1. The minimum Gasteiger partial charge on any atom is -0.187 e. The quantitative estimate of drug-likeness (QED) is 0.0347. The van der Waals surface area contributed by atoms with Crippen LogP contribution in [0.25, 0.3) is 0 Å². The number of aliphatic imine (C=N–C) groups is 4. The van der Waals surface area contributed by atoms with Gasteiger partial charge in [0.25, 0.3) is 0 Å². The largest absolute Gasteiger partial charge is 0.187 e. The van der Waals surface area contributed by atoms with E-state index in [-0.39, 0.29) is 69.0 Å². The third-order valence-electron chi connectivity index (χ3n) is 29.4. The van der Waals surface area contributed by atoms with E-state index in [0.717, 1.165) is 67.3 Å². The van der Waals surface area contributed by atoms with Crippen molar-refractivity contribution < 1.29 is 0 Å². The summed E-state index contributed by atoms with van der Waals surface area (Å²) in [6, 6.07) is 201. The molecule has 0 heterocycles. The van der Waals surface area contributed by atoms with Gasteiger partial charge < -0.3 is 0 Å². The predicted octanol–water partition coefficient (Wildman–Crippen LogP) is 38.3. The van der Waals surface area contributed by atoms with E-state index in [1.165, 1.54) is 111 Å². The van der Waals surface area contributed by atoms with Gasteiger partial charge in [0.15, 0.2) is 0 Å². The van der Waals surface area contributed by atoms with Crippen LogP contribution in [0, 0.1) is 0 Å². The van der Waals surface area contributed by atoms with Gasteiger partial charge in [-0.25, -0.2) is 0 Å². The highest BCUT2D eigenvalue weighted by atomic mass is 14.9.